The van der Waals surface area contributed by atoms with Gasteiger partial charge in [0, 0.05) is 20.1 Å². The maximum atomic E-state index is 12.8. The zero-order valence-electron chi connectivity index (χ0n) is 17.9. The summed E-state index contributed by atoms with van der Waals surface area (Å²) < 4.78 is 32.0. The number of likely N-dealkylation sites (N-methyl/N-ethyl adjacent to an activating group) is 1. The molecule has 0 N–H and O–H groups in total. The summed E-state index contributed by atoms with van der Waals surface area (Å²) >= 11 is 0. The van der Waals surface area contributed by atoms with Gasteiger partial charge in [-0.1, -0.05) is 37.5 Å². The molecule has 166 valence electrons. The molecule has 1 amide bonds. The van der Waals surface area contributed by atoms with E-state index in [9.17, 15) is 18.0 Å². The van der Waals surface area contributed by atoms with Gasteiger partial charge in [-0.05, 0) is 49.2 Å². The van der Waals surface area contributed by atoms with Gasteiger partial charge in [-0.15, -0.1) is 0 Å². The lowest BCUT2D eigenvalue weighted by Gasteiger charge is -2.31. The van der Waals surface area contributed by atoms with Crippen molar-refractivity contribution in [2.45, 2.75) is 43.0 Å². The van der Waals surface area contributed by atoms with Crippen LogP contribution in [0.2, 0.25) is 0 Å². The number of anilines is 1. The Kier molecular flexibility index (Phi) is 7.33. The van der Waals surface area contributed by atoms with Crippen LogP contribution in [0.5, 0.6) is 0 Å². The molecule has 7 nitrogen and oxygen atoms in total. The molecule has 0 unspecified atom stereocenters. The highest BCUT2D eigenvalue weighted by atomic mass is 32.2. The summed E-state index contributed by atoms with van der Waals surface area (Å²) in [5, 5.41) is 0. The van der Waals surface area contributed by atoms with Crippen LogP contribution in [-0.2, 0) is 19.6 Å². The number of carbonyl (C=O) groups excluding carboxylic acids is 2. The molecule has 3 rings (SSSR count). The lowest BCUT2D eigenvalue weighted by Crippen LogP contribution is -2.40. The molecule has 1 aliphatic rings. The molecular weight excluding hydrogens is 416 g/mol. The first-order valence-electron chi connectivity index (χ1n) is 10.4. The van der Waals surface area contributed by atoms with Gasteiger partial charge in [0.05, 0.1) is 16.1 Å². The zero-order chi connectivity index (χ0) is 22.4. The van der Waals surface area contributed by atoms with Crippen molar-refractivity contribution in [3.8, 4) is 0 Å². The number of benzene rings is 2. The predicted molar refractivity (Wildman–Crippen MR) is 118 cm³/mol. The van der Waals surface area contributed by atoms with Crippen LogP contribution in [0.3, 0.4) is 0 Å². The van der Waals surface area contributed by atoms with Gasteiger partial charge < -0.3 is 9.64 Å². The first-order chi connectivity index (χ1) is 14.8. The summed E-state index contributed by atoms with van der Waals surface area (Å²) in [6.45, 7) is -0.331. The van der Waals surface area contributed by atoms with E-state index >= 15 is 0 Å². The highest BCUT2D eigenvalue weighted by molar-refractivity contribution is 7.92. The van der Waals surface area contributed by atoms with Crippen LogP contribution >= 0.6 is 0 Å². The minimum Gasteiger partial charge on any atom is -0.452 e. The molecule has 8 heteroatoms. The van der Waals surface area contributed by atoms with E-state index in [1.807, 2.05) is 6.07 Å². The summed E-state index contributed by atoms with van der Waals surface area (Å²) in [7, 11) is -0.545. The van der Waals surface area contributed by atoms with Gasteiger partial charge in [-0.25, -0.2) is 13.2 Å². The third-order valence-corrected chi connectivity index (χ3v) is 7.51. The maximum Gasteiger partial charge on any atom is 0.338 e. The number of hydrogen-bond donors (Lipinski definition) is 0. The average molecular weight is 445 g/mol. The van der Waals surface area contributed by atoms with E-state index in [0.29, 0.717) is 5.69 Å². The largest absolute Gasteiger partial charge is 0.452 e. The Morgan fingerprint density at radius 1 is 0.935 bits per heavy atom. The third kappa shape index (κ3) is 5.44. The average Bonchev–Trinajstić information content (AvgIpc) is 2.82. The number of para-hydroxylation sites is 1. The van der Waals surface area contributed by atoms with Crippen molar-refractivity contribution >= 4 is 27.6 Å². The van der Waals surface area contributed by atoms with Crippen LogP contribution in [0, 0.1) is 0 Å². The maximum absolute atomic E-state index is 12.8. The van der Waals surface area contributed by atoms with Gasteiger partial charge in [0.2, 0.25) is 0 Å². The van der Waals surface area contributed by atoms with Crippen LogP contribution < -0.4 is 4.31 Å². The van der Waals surface area contributed by atoms with Crippen molar-refractivity contribution < 1.29 is 22.7 Å². The molecule has 0 aliphatic heterocycles. The van der Waals surface area contributed by atoms with Crippen molar-refractivity contribution in [1.29, 1.82) is 0 Å². The minimum absolute atomic E-state index is 0.0588. The van der Waals surface area contributed by atoms with Crippen molar-refractivity contribution in [1.82, 2.24) is 4.90 Å². The fourth-order valence-corrected chi connectivity index (χ4v) is 4.88. The number of carbonyl (C=O) groups is 2. The Hall–Kier alpha value is -2.87. The van der Waals surface area contributed by atoms with Crippen molar-refractivity contribution in [3.05, 3.63) is 60.2 Å². The van der Waals surface area contributed by atoms with Gasteiger partial charge in [-0.2, -0.15) is 0 Å². The van der Waals surface area contributed by atoms with E-state index in [-0.39, 0.29) is 29.0 Å². The molecule has 0 atom stereocenters. The molecule has 2 aromatic carbocycles. The Balaban J connectivity index is 1.60. The third-order valence-electron chi connectivity index (χ3n) is 5.71. The Morgan fingerprint density at radius 3 is 2.16 bits per heavy atom. The number of ether oxygens (including phenoxy) is 1. The molecule has 2 aromatic rings. The second-order valence-electron chi connectivity index (χ2n) is 7.71. The number of rotatable bonds is 7. The molecule has 31 heavy (non-hydrogen) atoms. The Labute approximate surface area is 183 Å². The monoisotopic (exact) mass is 444 g/mol. The van der Waals surface area contributed by atoms with Crippen LogP contribution in [0.15, 0.2) is 59.5 Å². The Bertz CT molecular complexity index is 1000. The molecule has 1 fully saturated rings. The lowest BCUT2D eigenvalue weighted by atomic mass is 9.94. The minimum atomic E-state index is -3.76. The summed E-state index contributed by atoms with van der Waals surface area (Å²) in [6, 6.07) is 14.4. The SMILES string of the molecule is CN(C(=O)COC(=O)c1ccc(S(=O)(=O)N(C)c2ccccc2)cc1)C1CCCCC1. The van der Waals surface area contributed by atoms with Gasteiger partial charge in [-0.3, -0.25) is 9.10 Å². The van der Waals surface area contributed by atoms with Crippen LogP contribution in [0.25, 0.3) is 0 Å². The predicted octanol–water partition coefficient (Wildman–Crippen LogP) is 3.46. The quantitative estimate of drug-likeness (QED) is 0.611. The standard InChI is InChI=1S/C23H28N2O5S/c1-24(19-9-5-3-6-10-19)22(26)17-30-23(27)18-13-15-21(16-14-18)31(28,29)25(2)20-11-7-4-8-12-20/h4,7-8,11-16,19H,3,5-6,9-10,17H2,1-2H3. The fourth-order valence-electron chi connectivity index (χ4n) is 3.68. The molecule has 0 heterocycles. The molecule has 1 saturated carbocycles. The highest BCUT2D eigenvalue weighted by Crippen LogP contribution is 2.23. The summed E-state index contributed by atoms with van der Waals surface area (Å²) in [4.78, 5) is 26.4. The van der Waals surface area contributed by atoms with E-state index in [1.54, 1.807) is 36.2 Å². The van der Waals surface area contributed by atoms with Crippen molar-refractivity contribution in [3.63, 3.8) is 0 Å². The zero-order valence-corrected chi connectivity index (χ0v) is 18.7. The molecular formula is C23H28N2O5S. The first kappa shape index (κ1) is 22.8. The van der Waals surface area contributed by atoms with E-state index < -0.39 is 16.0 Å². The van der Waals surface area contributed by atoms with Crippen molar-refractivity contribution in [2.24, 2.45) is 0 Å². The number of amides is 1. The smallest absolute Gasteiger partial charge is 0.338 e. The van der Waals surface area contributed by atoms with Gasteiger partial charge in [0.25, 0.3) is 15.9 Å². The second kappa shape index (κ2) is 9.96. The Morgan fingerprint density at radius 2 is 1.55 bits per heavy atom. The number of nitrogens with zero attached hydrogens (tertiary/aromatic N) is 2. The van der Waals surface area contributed by atoms with E-state index in [4.69, 9.17) is 4.74 Å². The van der Waals surface area contributed by atoms with Gasteiger partial charge >= 0.3 is 5.97 Å². The molecule has 0 saturated heterocycles. The van der Waals surface area contributed by atoms with E-state index in [0.717, 1.165) is 25.7 Å². The number of hydrogen-bond acceptors (Lipinski definition) is 5. The number of esters is 1. The van der Waals surface area contributed by atoms with Crippen molar-refractivity contribution in [2.75, 3.05) is 25.0 Å². The second-order valence-corrected chi connectivity index (χ2v) is 9.67. The summed E-state index contributed by atoms with van der Waals surface area (Å²) in [6.07, 6.45) is 5.36. The van der Waals surface area contributed by atoms with Crippen LogP contribution in [0.1, 0.15) is 42.5 Å². The van der Waals surface area contributed by atoms with Crippen LogP contribution in [0.4, 0.5) is 5.69 Å². The van der Waals surface area contributed by atoms with E-state index in [2.05, 4.69) is 0 Å². The van der Waals surface area contributed by atoms with E-state index in [1.165, 1.54) is 42.0 Å². The number of sulfonamides is 1. The molecule has 0 aromatic heterocycles. The topological polar surface area (TPSA) is 84.0 Å². The van der Waals surface area contributed by atoms with Gasteiger partial charge in [0.15, 0.2) is 6.61 Å². The molecule has 0 bridgehead atoms. The first-order valence-corrected chi connectivity index (χ1v) is 11.8. The summed E-state index contributed by atoms with van der Waals surface area (Å²) in [5.41, 5.74) is 0.723. The summed E-state index contributed by atoms with van der Waals surface area (Å²) in [5.74, 6) is -0.894. The normalized spacial score (nSPS) is 14.6. The molecule has 0 spiro atoms. The van der Waals surface area contributed by atoms with Crippen LogP contribution in [-0.4, -0.2) is 51.9 Å². The highest BCUT2D eigenvalue weighted by Gasteiger charge is 2.24. The molecule has 1 aliphatic carbocycles. The molecule has 0 radical (unpaired) electrons. The lowest BCUT2D eigenvalue weighted by molar-refractivity contribution is -0.135. The van der Waals surface area contributed by atoms with Gasteiger partial charge in [0.1, 0.15) is 0 Å². The fraction of sp³-hybridized carbons (Fsp3) is 0.391.